The van der Waals surface area contributed by atoms with Gasteiger partial charge in [0.15, 0.2) is 0 Å². The van der Waals surface area contributed by atoms with Gasteiger partial charge in [-0.2, -0.15) is 0 Å². The Morgan fingerprint density at radius 3 is 0.750 bits per heavy atom. The van der Waals surface area contributed by atoms with Crippen LogP contribution in [0.25, 0.3) is 0 Å². The van der Waals surface area contributed by atoms with Crippen molar-refractivity contribution in [3.63, 3.8) is 0 Å². The molecule has 0 aromatic heterocycles. The van der Waals surface area contributed by atoms with Crippen molar-refractivity contribution >= 4 is 11.9 Å². The molecule has 6 nitrogen and oxygen atoms in total. The van der Waals surface area contributed by atoms with E-state index >= 15 is 0 Å². The van der Waals surface area contributed by atoms with Crippen molar-refractivity contribution in [1.82, 2.24) is 0 Å². The second-order valence-electron chi connectivity index (χ2n) is 10.7. The van der Waals surface area contributed by atoms with Gasteiger partial charge in [0.25, 0.3) is 0 Å². The number of carboxylic acids is 2. The van der Waals surface area contributed by atoms with E-state index in [4.69, 9.17) is 0 Å². The van der Waals surface area contributed by atoms with Gasteiger partial charge in [0.2, 0.25) is 0 Å². The van der Waals surface area contributed by atoms with E-state index in [2.05, 4.69) is 55.6 Å². The minimum Gasteiger partial charge on any atom is -0.545 e. The summed E-state index contributed by atoms with van der Waals surface area (Å²) in [6.45, 7) is 22.1. The minimum absolute atomic E-state index is 0.384. The minimum atomic E-state index is -1.55. The first-order valence-electron chi connectivity index (χ1n) is 14.8. The second-order valence-corrected chi connectivity index (χ2v) is 10.7. The second kappa shape index (κ2) is 26.7. The Bertz CT molecular complexity index is 445. The zero-order valence-corrected chi connectivity index (χ0v) is 25.4. The van der Waals surface area contributed by atoms with Crippen LogP contribution in [-0.2, 0) is 9.59 Å². The summed E-state index contributed by atoms with van der Waals surface area (Å²) >= 11 is 0. The summed E-state index contributed by atoms with van der Waals surface area (Å²) in [5.41, 5.74) is 0. The number of hydrogen-bond acceptors (Lipinski definition) is 4. The van der Waals surface area contributed by atoms with E-state index < -0.39 is 11.9 Å². The molecule has 0 radical (unpaired) electrons. The first-order chi connectivity index (χ1) is 17.0. The highest BCUT2D eigenvalue weighted by Gasteiger charge is 2.19. The van der Waals surface area contributed by atoms with E-state index in [9.17, 15) is 19.8 Å². The molecule has 36 heavy (non-hydrogen) atoms. The Kier molecular flexibility index (Phi) is 29.0. The smallest absolute Gasteiger partial charge is 0.0784 e. The molecule has 0 amide bonds. The van der Waals surface area contributed by atoms with Crippen LogP contribution in [0.15, 0.2) is 12.2 Å². The molecule has 0 saturated heterocycles. The highest BCUT2D eigenvalue weighted by molar-refractivity contribution is 5.87. The molecule has 0 saturated carbocycles. The molecule has 0 aliphatic heterocycles. The van der Waals surface area contributed by atoms with Crippen LogP contribution in [0.2, 0.25) is 0 Å². The van der Waals surface area contributed by atoms with Crippen molar-refractivity contribution in [2.45, 2.75) is 119 Å². The van der Waals surface area contributed by atoms with E-state index in [1.807, 2.05) is 0 Å². The van der Waals surface area contributed by atoms with E-state index in [1.165, 1.54) is 125 Å². The largest absolute Gasteiger partial charge is 0.545 e. The molecule has 0 rings (SSSR count). The van der Waals surface area contributed by atoms with Crippen LogP contribution in [0.4, 0.5) is 0 Å². The van der Waals surface area contributed by atoms with E-state index in [0.29, 0.717) is 12.2 Å². The Morgan fingerprint density at radius 2 is 0.639 bits per heavy atom. The summed E-state index contributed by atoms with van der Waals surface area (Å²) in [6.07, 6.45) is 17.2. The third kappa shape index (κ3) is 28.8. The van der Waals surface area contributed by atoms with Crippen LogP contribution in [0, 0.1) is 0 Å². The number of hydrogen-bond donors (Lipinski definition) is 0. The van der Waals surface area contributed by atoms with Crippen molar-refractivity contribution in [2.75, 3.05) is 53.4 Å². The molecule has 0 bridgehead atoms. The zero-order valence-electron chi connectivity index (χ0n) is 25.4. The fraction of sp³-hybridized carbons (Fsp3) is 0.867. The fourth-order valence-electron chi connectivity index (χ4n) is 4.05. The third-order valence-electron chi connectivity index (χ3n) is 6.66. The molecule has 0 aliphatic rings. The van der Waals surface area contributed by atoms with Crippen LogP contribution in [0.5, 0.6) is 0 Å². The molecule has 0 fully saturated rings. The lowest BCUT2D eigenvalue weighted by Gasteiger charge is -2.34. The highest BCUT2D eigenvalue weighted by atomic mass is 16.4. The summed E-state index contributed by atoms with van der Waals surface area (Å²) in [6, 6.07) is 0. The van der Waals surface area contributed by atoms with E-state index in [0.717, 1.165) is 0 Å². The summed E-state index contributed by atoms with van der Waals surface area (Å²) in [7, 11) is 4.89. The van der Waals surface area contributed by atoms with Crippen molar-refractivity contribution in [1.29, 1.82) is 0 Å². The maximum absolute atomic E-state index is 9.41. The number of aliphatic carboxylic acids is 2. The van der Waals surface area contributed by atoms with Crippen LogP contribution in [0.3, 0.4) is 0 Å². The van der Waals surface area contributed by atoms with Crippen molar-refractivity contribution < 1.29 is 28.8 Å². The van der Waals surface area contributed by atoms with Gasteiger partial charge in [0.1, 0.15) is 0 Å². The standard InChI is InChI=1S/2C13H30N.C4H4O4/c2*1-5-8-11-14(4,12-9-6-2)13-10-7-3;5-3(6)1-2-4(7)8/h2*5-13H2,1-4H3;1-2H,(H,5,6)(H,7,8)/q2*+1;/p-2. The van der Waals surface area contributed by atoms with Gasteiger partial charge in [-0.15, -0.1) is 0 Å². The van der Waals surface area contributed by atoms with E-state index in [-0.39, 0.29) is 0 Å². The SMILES string of the molecule is CCCC[N+](C)(CCCC)CCCC.CCCC[N+](C)(CCCC)CCCC.O=C([O-])C=CC(=O)[O-]. The lowest BCUT2D eigenvalue weighted by Crippen LogP contribution is -2.46. The Balaban J connectivity index is -0.000000472. The molecule has 0 unspecified atom stereocenters. The predicted octanol–water partition coefficient (Wildman–Crippen LogP) is 4.71. The summed E-state index contributed by atoms with van der Waals surface area (Å²) in [5, 5.41) is 18.8. The average Bonchev–Trinajstić information content (AvgIpc) is 2.86. The molecular formula is C30H62N2O4. The van der Waals surface area contributed by atoms with Gasteiger partial charge in [-0.1, -0.05) is 80.1 Å². The molecule has 0 atom stereocenters. The first-order valence-corrected chi connectivity index (χ1v) is 14.8. The number of nitrogens with zero attached hydrogens (tertiary/aromatic N) is 2. The monoisotopic (exact) mass is 514 g/mol. The van der Waals surface area contributed by atoms with Gasteiger partial charge in [-0.05, 0) is 50.7 Å². The summed E-state index contributed by atoms with van der Waals surface area (Å²) < 4.78 is 2.63. The number of quaternary nitrogens is 2. The molecular weight excluding hydrogens is 452 g/mol. The Labute approximate surface area is 224 Å². The number of rotatable bonds is 20. The Morgan fingerprint density at radius 1 is 0.472 bits per heavy atom. The highest BCUT2D eigenvalue weighted by Crippen LogP contribution is 2.11. The topological polar surface area (TPSA) is 80.3 Å². The summed E-state index contributed by atoms with van der Waals surface area (Å²) in [4.78, 5) is 18.8. The van der Waals surface area contributed by atoms with Gasteiger partial charge in [-0.3, -0.25) is 0 Å². The summed E-state index contributed by atoms with van der Waals surface area (Å²) in [5.74, 6) is -3.09. The quantitative estimate of drug-likeness (QED) is 0.174. The van der Waals surface area contributed by atoms with Crippen molar-refractivity contribution in [2.24, 2.45) is 0 Å². The molecule has 216 valence electrons. The first kappa shape index (κ1) is 39.1. The normalized spacial score (nSPS) is 11.4. The maximum Gasteiger partial charge on any atom is 0.0784 e. The molecule has 0 aliphatic carbocycles. The number of carboxylic acid groups (broad SMARTS) is 2. The fourth-order valence-corrected chi connectivity index (χ4v) is 4.05. The van der Waals surface area contributed by atoms with Gasteiger partial charge in [0, 0.05) is 0 Å². The maximum atomic E-state index is 9.41. The number of carbonyl (C=O) groups excluding carboxylic acids is 2. The zero-order chi connectivity index (χ0) is 28.3. The van der Waals surface area contributed by atoms with Crippen LogP contribution in [0.1, 0.15) is 119 Å². The van der Waals surface area contributed by atoms with Crippen molar-refractivity contribution in [3.05, 3.63) is 12.2 Å². The van der Waals surface area contributed by atoms with Crippen LogP contribution in [-0.4, -0.2) is 74.3 Å². The third-order valence-corrected chi connectivity index (χ3v) is 6.66. The molecule has 0 spiro atoms. The molecule has 0 aromatic carbocycles. The van der Waals surface area contributed by atoms with Gasteiger partial charge < -0.3 is 28.8 Å². The van der Waals surface area contributed by atoms with Crippen molar-refractivity contribution in [3.8, 4) is 0 Å². The molecule has 6 heteroatoms. The molecule has 0 N–H and O–H groups in total. The molecule has 0 heterocycles. The lowest BCUT2D eigenvalue weighted by atomic mass is 10.2. The van der Waals surface area contributed by atoms with Crippen LogP contribution < -0.4 is 10.2 Å². The van der Waals surface area contributed by atoms with Crippen LogP contribution >= 0.6 is 0 Å². The number of carbonyl (C=O) groups is 2. The lowest BCUT2D eigenvalue weighted by molar-refractivity contribution is -0.910. The van der Waals surface area contributed by atoms with Gasteiger partial charge in [0.05, 0.1) is 65.3 Å². The molecule has 0 aromatic rings. The van der Waals surface area contributed by atoms with Gasteiger partial charge in [-0.25, -0.2) is 0 Å². The van der Waals surface area contributed by atoms with Gasteiger partial charge >= 0.3 is 0 Å². The Hall–Kier alpha value is -1.40. The predicted molar refractivity (Wildman–Crippen MR) is 150 cm³/mol. The van der Waals surface area contributed by atoms with E-state index in [1.54, 1.807) is 0 Å². The average molecular weight is 515 g/mol. The number of unbranched alkanes of at least 4 members (excludes halogenated alkanes) is 6.